The second-order valence-electron chi connectivity index (χ2n) is 6.56. The minimum atomic E-state index is -1.05. The molecule has 0 radical (unpaired) electrons. The second kappa shape index (κ2) is 8.09. The number of rotatable bonds is 5. The minimum Gasteiger partial charge on any atom is -0.480 e. The van der Waals surface area contributed by atoms with Gasteiger partial charge in [0.25, 0.3) is 0 Å². The fourth-order valence-corrected chi connectivity index (χ4v) is 3.72. The maximum absolute atomic E-state index is 12.8. The quantitative estimate of drug-likeness (QED) is 0.660. The average Bonchev–Trinajstić information content (AvgIpc) is 2.99. The number of hydrogen-bond donors (Lipinski definition) is 3. The van der Waals surface area contributed by atoms with Gasteiger partial charge in [0.2, 0.25) is 11.8 Å². The maximum Gasteiger partial charge on any atom is 0.326 e. The van der Waals surface area contributed by atoms with Crippen molar-refractivity contribution in [3.63, 3.8) is 0 Å². The van der Waals surface area contributed by atoms with Gasteiger partial charge in [-0.1, -0.05) is 30.3 Å². The summed E-state index contributed by atoms with van der Waals surface area (Å²) in [4.78, 5) is 37.9. The van der Waals surface area contributed by atoms with Crippen molar-refractivity contribution in [3.8, 4) is 0 Å². The predicted molar refractivity (Wildman–Crippen MR) is 96.7 cm³/mol. The lowest BCUT2D eigenvalue weighted by Crippen LogP contribution is -2.53. The maximum atomic E-state index is 12.8. The molecular formula is C18H22N2O5S. The fourth-order valence-electron chi connectivity index (χ4n) is 3.44. The number of carbonyl (C=O) groups is 3. The molecule has 2 aliphatic rings. The van der Waals surface area contributed by atoms with Gasteiger partial charge in [-0.25, -0.2) is 4.79 Å². The highest BCUT2D eigenvalue weighted by molar-refractivity contribution is 7.81. The Morgan fingerprint density at radius 2 is 2.00 bits per heavy atom. The number of thiol groups is 1. The van der Waals surface area contributed by atoms with Crippen LogP contribution >= 0.6 is 12.6 Å². The number of nitrogens with zero attached hydrogens (tertiary/aromatic N) is 1. The molecule has 2 saturated heterocycles. The molecule has 0 saturated carbocycles. The smallest absolute Gasteiger partial charge is 0.326 e. The number of amides is 2. The molecule has 3 rings (SSSR count). The van der Waals surface area contributed by atoms with E-state index in [2.05, 4.69) is 17.9 Å². The first-order chi connectivity index (χ1) is 12.5. The summed E-state index contributed by atoms with van der Waals surface area (Å²) >= 11 is 4.36. The number of carboxylic acids is 1. The summed E-state index contributed by atoms with van der Waals surface area (Å²) in [6.07, 6.45) is 1.08. The Bertz CT molecular complexity index is 683. The van der Waals surface area contributed by atoms with Crippen molar-refractivity contribution in [3.05, 3.63) is 35.9 Å². The summed E-state index contributed by atoms with van der Waals surface area (Å²) in [5, 5.41) is 11.5. The van der Waals surface area contributed by atoms with Crippen molar-refractivity contribution in [2.24, 2.45) is 0 Å². The van der Waals surface area contributed by atoms with Crippen LogP contribution in [0.5, 0.6) is 0 Å². The molecule has 2 fully saturated rings. The van der Waals surface area contributed by atoms with E-state index in [1.165, 1.54) is 4.90 Å². The van der Waals surface area contributed by atoms with Crippen LogP contribution in [0.1, 0.15) is 24.8 Å². The standard InChI is InChI=1S/C18H22N2O5S/c21-16(14(26)10-11-4-2-1-3-5-11)19-12-8-9-25-15-7-6-13(18(23)24)20(15)17(12)22/h1-5,12-15,26H,6-10H2,(H,19,21)(H,23,24)/t12-,13?,14-,15-/m0/s1. The molecule has 26 heavy (non-hydrogen) atoms. The third-order valence-corrected chi connectivity index (χ3v) is 5.20. The number of fused-ring (bicyclic) bond motifs is 1. The molecule has 0 spiro atoms. The van der Waals surface area contributed by atoms with Gasteiger partial charge in [-0.3, -0.25) is 9.59 Å². The van der Waals surface area contributed by atoms with Crippen LogP contribution in [0.15, 0.2) is 30.3 Å². The molecule has 8 heteroatoms. The molecule has 1 aromatic rings. The molecule has 140 valence electrons. The van der Waals surface area contributed by atoms with Gasteiger partial charge < -0.3 is 20.1 Å². The highest BCUT2D eigenvalue weighted by atomic mass is 32.1. The van der Waals surface area contributed by atoms with E-state index in [-0.39, 0.29) is 5.91 Å². The van der Waals surface area contributed by atoms with Crippen molar-refractivity contribution in [2.75, 3.05) is 6.61 Å². The normalized spacial score (nSPS) is 26.7. The number of hydrogen-bond acceptors (Lipinski definition) is 5. The Hall–Kier alpha value is -2.06. The molecule has 2 amide bonds. The van der Waals surface area contributed by atoms with Crippen LogP contribution in [0.2, 0.25) is 0 Å². The molecule has 2 heterocycles. The van der Waals surface area contributed by atoms with Crippen molar-refractivity contribution in [1.82, 2.24) is 10.2 Å². The van der Waals surface area contributed by atoms with Gasteiger partial charge in [0.05, 0.1) is 11.9 Å². The van der Waals surface area contributed by atoms with E-state index in [0.29, 0.717) is 32.3 Å². The van der Waals surface area contributed by atoms with Crippen LogP contribution in [0.3, 0.4) is 0 Å². The lowest BCUT2D eigenvalue weighted by molar-refractivity contribution is -0.155. The first-order valence-electron chi connectivity index (χ1n) is 8.66. The van der Waals surface area contributed by atoms with E-state index in [0.717, 1.165) is 5.56 Å². The van der Waals surface area contributed by atoms with Gasteiger partial charge in [0, 0.05) is 6.42 Å². The minimum absolute atomic E-state index is 0.292. The summed E-state index contributed by atoms with van der Waals surface area (Å²) in [5.74, 6) is -1.79. The lowest BCUT2D eigenvalue weighted by atomic mass is 10.1. The SMILES string of the molecule is O=C(O)C1CC[C@@H]2OCC[C@H](NC(=O)[C@@H](S)Cc3ccccc3)C(=O)N12. The van der Waals surface area contributed by atoms with E-state index in [9.17, 15) is 19.5 Å². The summed E-state index contributed by atoms with van der Waals surface area (Å²) in [7, 11) is 0. The fraction of sp³-hybridized carbons (Fsp3) is 0.500. The summed E-state index contributed by atoms with van der Waals surface area (Å²) < 4.78 is 5.62. The second-order valence-corrected chi connectivity index (χ2v) is 7.18. The van der Waals surface area contributed by atoms with Gasteiger partial charge >= 0.3 is 5.97 Å². The zero-order valence-corrected chi connectivity index (χ0v) is 15.1. The van der Waals surface area contributed by atoms with Gasteiger partial charge in [-0.05, 0) is 24.8 Å². The van der Waals surface area contributed by atoms with Crippen molar-refractivity contribution in [1.29, 1.82) is 0 Å². The lowest BCUT2D eigenvalue weighted by Gasteiger charge is -2.28. The molecular weight excluding hydrogens is 356 g/mol. The molecule has 1 unspecified atom stereocenters. The van der Waals surface area contributed by atoms with Crippen molar-refractivity contribution < 1.29 is 24.2 Å². The van der Waals surface area contributed by atoms with Crippen LogP contribution in [-0.4, -0.2) is 58.0 Å². The van der Waals surface area contributed by atoms with Gasteiger partial charge in [0.15, 0.2) is 0 Å². The molecule has 2 N–H and O–H groups in total. The van der Waals surface area contributed by atoms with E-state index in [1.54, 1.807) is 0 Å². The Labute approximate surface area is 157 Å². The van der Waals surface area contributed by atoms with Crippen LogP contribution in [0.4, 0.5) is 0 Å². The van der Waals surface area contributed by atoms with E-state index >= 15 is 0 Å². The third kappa shape index (κ3) is 4.02. The zero-order chi connectivity index (χ0) is 18.7. The van der Waals surface area contributed by atoms with Gasteiger partial charge in [-0.2, -0.15) is 12.6 Å². The molecule has 0 aliphatic carbocycles. The number of benzene rings is 1. The van der Waals surface area contributed by atoms with Crippen LogP contribution < -0.4 is 5.32 Å². The average molecular weight is 378 g/mol. The van der Waals surface area contributed by atoms with Crippen molar-refractivity contribution >= 4 is 30.4 Å². The van der Waals surface area contributed by atoms with Crippen molar-refractivity contribution in [2.45, 2.75) is 49.2 Å². The molecule has 2 aliphatic heterocycles. The molecule has 0 bridgehead atoms. The van der Waals surface area contributed by atoms with E-state index < -0.39 is 35.4 Å². The molecule has 4 atom stereocenters. The first-order valence-corrected chi connectivity index (χ1v) is 9.18. The number of carboxylic acid groups (broad SMARTS) is 1. The Morgan fingerprint density at radius 3 is 2.69 bits per heavy atom. The highest BCUT2D eigenvalue weighted by Gasteiger charge is 2.45. The Morgan fingerprint density at radius 1 is 1.27 bits per heavy atom. The third-order valence-electron chi connectivity index (χ3n) is 4.78. The summed E-state index contributed by atoms with van der Waals surface area (Å²) in [6.45, 7) is 0.292. The van der Waals surface area contributed by atoms with E-state index in [1.807, 2.05) is 30.3 Å². The zero-order valence-electron chi connectivity index (χ0n) is 14.2. The van der Waals surface area contributed by atoms with E-state index in [4.69, 9.17) is 4.74 Å². The topological polar surface area (TPSA) is 95.9 Å². The Kier molecular flexibility index (Phi) is 5.83. The summed E-state index contributed by atoms with van der Waals surface area (Å²) in [5.41, 5.74) is 0.976. The molecule has 7 nitrogen and oxygen atoms in total. The molecule has 1 aromatic carbocycles. The largest absolute Gasteiger partial charge is 0.480 e. The number of carbonyl (C=O) groups excluding carboxylic acids is 2. The predicted octanol–water partition coefficient (Wildman–Crippen LogP) is 0.834. The monoisotopic (exact) mass is 378 g/mol. The first kappa shape index (κ1) is 18.7. The van der Waals surface area contributed by atoms with Crippen LogP contribution in [0, 0.1) is 0 Å². The van der Waals surface area contributed by atoms with Gasteiger partial charge in [-0.15, -0.1) is 0 Å². The van der Waals surface area contributed by atoms with Crippen LogP contribution in [-0.2, 0) is 25.5 Å². The number of ether oxygens (including phenoxy) is 1. The molecule has 0 aromatic heterocycles. The summed E-state index contributed by atoms with van der Waals surface area (Å²) in [6, 6.07) is 7.80. The van der Waals surface area contributed by atoms with Crippen LogP contribution in [0.25, 0.3) is 0 Å². The van der Waals surface area contributed by atoms with Gasteiger partial charge in [0.1, 0.15) is 18.3 Å². The number of nitrogens with one attached hydrogen (secondary N) is 1. The Balaban J connectivity index is 1.65. The number of aliphatic carboxylic acids is 1. The highest BCUT2D eigenvalue weighted by Crippen LogP contribution is 2.29.